The maximum Gasteiger partial charge on any atom is 0.244 e. The molecule has 3 heteroatoms. The van der Waals surface area contributed by atoms with Crippen molar-refractivity contribution in [1.29, 1.82) is 0 Å². The lowest BCUT2D eigenvalue weighted by Gasteiger charge is -1.95. The second-order valence-electron chi connectivity index (χ2n) is 2.90. The van der Waals surface area contributed by atoms with Crippen molar-refractivity contribution in [3.8, 4) is 0 Å². The summed E-state index contributed by atoms with van der Waals surface area (Å²) in [5.41, 5.74) is 0. The van der Waals surface area contributed by atoms with Gasteiger partial charge in [-0.05, 0) is 6.42 Å². The fraction of sp³-hybridized carbons (Fsp3) is 0.875. The minimum atomic E-state index is 0. The highest BCUT2D eigenvalue weighted by Gasteiger charge is 2.15. The molecule has 1 N–H and O–H groups in total. The van der Waals surface area contributed by atoms with Gasteiger partial charge in [0.1, 0.15) is 13.1 Å². The number of nitrogens with zero attached hydrogens (tertiary/aromatic N) is 1. The smallest absolute Gasteiger partial charge is 0.244 e. The van der Waals surface area contributed by atoms with Crippen LogP contribution < -0.4 is 17.7 Å². The number of likely N-dealkylation sites (N-methyl/N-ethyl adjacent to an activating group) is 1. The predicted molar refractivity (Wildman–Crippen MR) is 43.6 cm³/mol. The Labute approximate surface area is 75.1 Å². The van der Waals surface area contributed by atoms with E-state index in [9.17, 15) is 0 Å². The molecule has 2 nitrogen and oxygen atoms in total. The number of halogens is 1. The van der Waals surface area contributed by atoms with E-state index < -0.39 is 0 Å². The van der Waals surface area contributed by atoms with Crippen LogP contribution in [0.2, 0.25) is 0 Å². The van der Waals surface area contributed by atoms with Crippen LogP contribution in [0.25, 0.3) is 0 Å². The molecule has 0 aliphatic carbocycles. The third-order valence-electron chi connectivity index (χ3n) is 2.00. The Morgan fingerprint density at radius 2 is 2.27 bits per heavy atom. The van der Waals surface area contributed by atoms with E-state index in [0.717, 1.165) is 6.54 Å². The first kappa shape index (κ1) is 10.8. The summed E-state index contributed by atoms with van der Waals surface area (Å²) >= 11 is 0. The zero-order valence-electron chi connectivity index (χ0n) is 7.36. The van der Waals surface area contributed by atoms with Crippen molar-refractivity contribution in [3.63, 3.8) is 0 Å². The second-order valence-corrected chi connectivity index (χ2v) is 2.90. The molecule has 0 radical (unpaired) electrons. The quantitative estimate of drug-likeness (QED) is 0.484. The zero-order chi connectivity index (χ0) is 7.40. The van der Waals surface area contributed by atoms with Crippen LogP contribution in [-0.2, 0) is 0 Å². The van der Waals surface area contributed by atoms with Crippen LogP contribution in [0.1, 0.15) is 26.2 Å². The second kappa shape index (κ2) is 5.42. The van der Waals surface area contributed by atoms with Gasteiger partial charge in [-0.3, -0.25) is 9.89 Å². The highest BCUT2D eigenvalue weighted by Crippen LogP contribution is 1.97. The third-order valence-corrected chi connectivity index (χ3v) is 2.00. The van der Waals surface area contributed by atoms with Crippen molar-refractivity contribution in [2.75, 3.05) is 20.1 Å². The van der Waals surface area contributed by atoms with Gasteiger partial charge in [-0.15, -0.1) is 0 Å². The van der Waals surface area contributed by atoms with Crippen LogP contribution >= 0.6 is 0 Å². The van der Waals surface area contributed by atoms with Crippen LogP contribution in [0.5, 0.6) is 0 Å². The molecule has 11 heavy (non-hydrogen) atoms. The number of hydrogen-bond acceptors (Lipinski definition) is 1. The van der Waals surface area contributed by atoms with Gasteiger partial charge >= 0.3 is 0 Å². The maximum atomic E-state index is 3.38. The Bertz CT molecular complexity index is 143. The minimum absolute atomic E-state index is 0. The van der Waals surface area contributed by atoms with Gasteiger partial charge in [0.05, 0.1) is 7.05 Å². The summed E-state index contributed by atoms with van der Waals surface area (Å²) in [6, 6.07) is 0. The Kier molecular flexibility index (Phi) is 5.30. The van der Waals surface area contributed by atoms with Crippen molar-refractivity contribution in [2.45, 2.75) is 26.2 Å². The number of hydrogen-bond donors (Lipinski definition) is 1. The van der Waals surface area contributed by atoms with E-state index in [4.69, 9.17) is 0 Å². The fourth-order valence-corrected chi connectivity index (χ4v) is 1.26. The van der Waals surface area contributed by atoms with Gasteiger partial charge in [-0.2, -0.15) is 0 Å². The lowest BCUT2D eigenvalue weighted by atomic mass is 10.2. The van der Waals surface area contributed by atoms with Gasteiger partial charge < -0.3 is 12.4 Å². The highest BCUT2D eigenvalue weighted by atomic mass is 35.5. The maximum absolute atomic E-state index is 3.38. The molecule has 0 fully saturated rings. The van der Waals surface area contributed by atoms with Gasteiger partial charge in [0.2, 0.25) is 5.84 Å². The van der Waals surface area contributed by atoms with E-state index in [1.807, 2.05) is 0 Å². The first-order valence-corrected chi connectivity index (χ1v) is 4.15. The molecule has 0 amide bonds. The van der Waals surface area contributed by atoms with Crippen LogP contribution in [0.15, 0.2) is 0 Å². The molecule has 0 bridgehead atoms. The average Bonchev–Trinajstić information content (AvgIpc) is 2.31. The fourth-order valence-electron chi connectivity index (χ4n) is 1.26. The first-order valence-electron chi connectivity index (χ1n) is 4.15. The molecule has 0 saturated heterocycles. The Morgan fingerprint density at radius 3 is 2.73 bits per heavy atom. The molecule has 1 aliphatic heterocycles. The molecule has 66 valence electrons. The summed E-state index contributed by atoms with van der Waals surface area (Å²) in [5.74, 6) is 1.43. The molecular formula is C8H17ClN2. The molecule has 0 unspecified atom stereocenters. The summed E-state index contributed by atoms with van der Waals surface area (Å²) in [4.78, 5) is 0. The molecular weight excluding hydrogens is 160 g/mol. The molecule has 0 aromatic carbocycles. The molecule has 0 atom stereocenters. The van der Waals surface area contributed by atoms with Crippen molar-refractivity contribution < 1.29 is 17.0 Å². The van der Waals surface area contributed by atoms with Gasteiger partial charge in [-0.25, -0.2) is 0 Å². The summed E-state index contributed by atoms with van der Waals surface area (Å²) in [6.45, 7) is 4.55. The van der Waals surface area contributed by atoms with Crippen molar-refractivity contribution >= 4 is 5.84 Å². The van der Waals surface area contributed by atoms with Crippen LogP contribution in [0, 0.1) is 0 Å². The van der Waals surface area contributed by atoms with Crippen LogP contribution in [0.4, 0.5) is 0 Å². The number of nitrogens with one attached hydrogen (secondary N) is 1. The summed E-state index contributed by atoms with van der Waals surface area (Å²) in [7, 11) is 2.16. The standard InChI is InChI=1S/C8H16N2.ClH/c1-3-4-5-8-9-6-7-10(8)2;/h3-7H2,1-2H3;1H. The number of amidine groups is 1. The van der Waals surface area contributed by atoms with E-state index in [0.29, 0.717) is 0 Å². The first-order chi connectivity index (χ1) is 4.84. The molecule has 1 aliphatic rings. The normalized spacial score (nSPS) is 16.2. The van der Waals surface area contributed by atoms with E-state index in [1.54, 1.807) is 0 Å². The topological polar surface area (TPSA) is 15.0 Å². The lowest BCUT2D eigenvalue weighted by Crippen LogP contribution is -3.00. The number of rotatable bonds is 3. The Balaban J connectivity index is 0.000001000. The summed E-state index contributed by atoms with van der Waals surface area (Å²) in [5, 5.41) is 3.38. The van der Waals surface area contributed by atoms with E-state index in [2.05, 4.69) is 23.9 Å². The molecule has 0 saturated carbocycles. The molecule has 1 rings (SSSR count). The Morgan fingerprint density at radius 1 is 1.55 bits per heavy atom. The average molecular weight is 177 g/mol. The third kappa shape index (κ3) is 3.10. The summed E-state index contributed by atoms with van der Waals surface area (Å²) in [6.07, 6.45) is 3.83. The van der Waals surface area contributed by atoms with Crippen LogP contribution in [0.3, 0.4) is 0 Å². The molecule has 0 aromatic heterocycles. The highest BCUT2D eigenvalue weighted by molar-refractivity contribution is 5.78. The number of unbranched alkanes of at least 4 members (excludes halogenated alkanes) is 1. The van der Waals surface area contributed by atoms with Gasteiger partial charge in [0.15, 0.2) is 0 Å². The minimum Gasteiger partial charge on any atom is -1.00 e. The van der Waals surface area contributed by atoms with E-state index in [1.165, 1.54) is 31.6 Å². The lowest BCUT2D eigenvalue weighted by molar-refractivity contribution is -0.487. The van der Waals surface area contributed by atoms with E-state index >= 15 is 0 Å². The zero-order valence-corrected chi connectivity index (χ0v) is 8.12. The van der Waals surface area contributed by atoms with Crippen LogP contribution in [-0.4, -0.2) is 30.5 Å². The molecule has 1 heterocycles. The Hall–Kier alpha value is -0.240. The van der Waals surface area contributed by atoms with Gasteiger partial charge in [0.25, 0.3) is 0 Å². The summed E-state index contributed by atoms with van der Waals surface area (Å²) < 4.78 is 2.32. The molecule has 0 aromatic rings. The van der Waals surface area contributed by atoms with Gasteiger partial charge in [-0.1, -0.05) is 13.3 Å². The SMILES string of the molecule is CCCCC1=[N+](C)CCN1.[Cl-]. The predicted octanol–water partition coefficient (Wildman–Crippen LogP) is -2.18. The monoisotopic (exact) mass is 176 g/mol. The van der Waals surface area contributed by atoms with Crippen molar-refractivity contribution in [3.05, 3.63) is 0 Å². The molecule has 0 spiro atoms. The van der Waals surface area contributed by atoms with Gasteiger partial charge in [0, 0.05) is 6.42 Å². The van der Waals surface area contributed by atoms with Crippen molar-refractivity contribution in [2.24, 2.45) is 0 Å². The largest absolute Gasteiger partial charge is 1.00 e. The van der Waals surface area contributed by atoms with E-state index in [-0.39, 0.29) is 12.4 Å². The van der Waals surface area contributed by atoms with Crippen molar-refractivity contribution in [1.82, 2.24) is 5.32 Å².